The Morgan fingerprint density at radius 2 is 0.958 bits per heavy atom. The molecule has 24 heavy (non-hydrogen) atoms. The van der Waals surface area contributed by atoms with E-state index in [2.05, 4.69) is 72.8 Å². The van der Waals surface area contributed by atoms with Gasteiger partial charge in [0.1, 0.15) is 0 Å². The fourth-order valence-electron chi connectivity index (χ4n) is 4.07. The normalized spacial score (nSPS) is 14.0. The molecule has 1 aliphatic rings. The Balaban J connectivity index is 1.72. The van der Waals surface area contributed by atoms with Crippen LogP contribution in [0.1, 0.15) is 22.3 Å². The first-order valence-corrected chi connectivity index (χ1v) is 8.88. The van der Waals surface area contributed by atoms with Crippen molar-refractivity contribution in [2.24, 2.45) is 0 Å². The van der Waals surface area contributed by atoms with Crippen LogP contribution in [-0.2, 0) is 25.7 Å². The van der Waals surface area contributed by atoms with Crippen LogP contribution in [0.25, 0.3) is 21.5 Å². The smallest absolute Gasteiger partial charge is 0.0149 e. The summed E-state index contributed by atoms with van der Waals surface area (Å²) in [4.78, 5) is 0. The van der Waals surface area contributed by atoms with Crippen LogP contribution in [0.5, 0.6) is 0 Å². The second kappa shape index (κ2) is 5.49. The molecule has 4 bridgehead atoms. The molecule has 0 atom stereocenters. The van der Waals surface area contributed by atoms with Gasteiger partial charge in [-0.15, -0.1) is 0 Å². The molecule has 0 radical (unpaired) electrons. The molecular weight excluding hydrogens is 288 g/mol. The van der Waals surface area contributed by atoms with Gasteiger partial charge in [0.15, 0.2) is 0 Å². The molecule has 4 aromatic rings. The van der Waals surface area contributed by atoms with E-state index >= 15 is 0 Å². The molecule has 0 spiro atoms. The van der Waals surface area contributed by atoms with Crippen LogP contribution in [-0.4, -0.2) is 0 Å². The maximum absolute atomic E-state index is 2.41. The van der Waals surface area contributed by atoms with E-state index in [9.17, 15) is 0 Å². The van der Waals surface area contributed by atoms with Crippen molar-refractivity contribution < 1.29 is 0 Å². The van der Waals surface area contributed by atoms with Crippen LogP contribution in [0, 0.1) is 0 Å². The molecule has 5 rings (SSSR count). The van der Waals surface area contributed by atoms with E-state index in [0.717, 1.165) is 25.7 Å². The molecule has 0 aliphatic heterocycles. The van der Waals surface area contributed by atoms with E-state index < -0.39 is 0 Å². The molecule has 0 fully saturated rings. The standard InChI is InChI=1S/C24H20/c1-3-19-11-9-17-7-8-18-10-12-20-4-2-6-22(24(20)16-18)14-13-21(5-1)23(19)15-17/h1-6,9-12,15-16H,7-8,13-14H2. The van der Waals surface area contributed by atoms with Gasteiger partial charge in [-0.1, -0.05) is 72.8 Å². The van der Waals surface area contributed by atoms with Gasteiger partial charge in [-0.05, 0) is 69.5 Å². The second-order valence-electron chi connectivity index (χ2n) is 6.95. The number of aryl methyl sites for hydroxylation is 4. The Bertz CT molecular complexity index is 969. The average Bonchev–Trinajstić information content (AvgIpc) is 2.63. The summed E-state index contributed by atoms with van der Waals surface area (Å²) in [5, 5.41) is 5.60. The van der Waals surface area contributed by atoms with E-state index in [1.165, 1.54) is 43.8 Å². The SMILES string of the molecule is c1cc2c3cc(ccc3c1)CCc1ccc3cccc(c3c1)CC2. The summed E-state index contributed by atoms with van der Waals surface area (Å²) < 4.78 is 0. The third-order valence-corrected chi connectivity index (χ3v) is 5.44. The van der Waals surface area contributed by atoms with Gasteiger partial charge in [0.05, 0.1) is 0 Å². The molecule has 4 aromatic carbocycles. The van der Waals surface area contributed by atoms with Crippen molar-refractivity contribution >= 4 is 21.5 Å². The van der Waals surface area contributed by atoms with Crippen LogP contribution in [0.3, 0.4) is 0 Å². The first-order valence-electron chi connectivity index (χ1n) is 8.88. The van der Waals surface area contributed by atoms with Crippen molar-refractivity contribution in [3.05, 3.63) is 95.1 Å². The fraction of sp³-hybridized carbons (Fsp3) is 0.167. The molecule has 0 amide bonds. The van der Waals surface area contributed by atoms with Gasteiger partial charge in [-0.25, -0.2) is 0 Å². The molecule has 0 nitrogen and oxygen atoms in total. The Labute approximate surface area is 142 Å². The summed E-state index contributed by atoms with van der Waals surface area (Å²) >= 11 is 0. The molecule has 0 heterocycles. The molecule has 0 saturated heterocycles. The van der Waals surface area contributed by atoms with Crippen molar-refractivity contribution in [1.82, 2.24) is 0 Å². The molecule has 1 aliphatic carbocycles. The van der Waals surface area contributed by atoms with Gasteiger partial charge >= 0.3 is 0 Å². The van der Waals surface area contributed by atoms with E-state index in [0.29, 0.717) is 0 Å². The second-order valence-corrected chi connectivity index (χ2v) is 6.95. The van der Waals surface area contributed by atoms with Crippen LogP contribution >= 0.6 is 0 Å². The lowest BCUT2D eigenvalue weighted by Gasteiger charge is -2.13. The topological polar surface area (TPSA) is 0 Å². The van der Waals surface area contributed by atoms with Crippen LogP contribution in [0.15, 0.2) is 72.8 Å². The van der Waals surface area contributed by atoms with Crippen molar-refractivity contribution in [2.45, 2.75) is 25.7 Å². The van der Waals surface area contributed by atoms with Gasteiger partial charge in [0.25, 0.3) is 0 Å². The zero-order chi connectivity index (χ0) is 15.9. The molecule has 0 unspecified atom stereocenters. The summed E-state index contributed by atoms with van der Waals surface area (Å²) in [6.45, 7) is 0. The Hall–Kier alpha value is -2.60. The molecule has 0 heteroatoms. The maximum atomic E-state index is 2.41. The van der Waals surface area contributed by atoms with E-state index in [1.54, 1.807) is 0 Å². The summed E-state index contributed by atoms with van der Waals surface area (Å²) in [6, 6.07) is 27.5. The van der Waals surface area contributed by atoms with Crippen LogP contribution in [0.4, 0.5) is 0 Å². The number of rotatable bonds is 0. The Morgan fingerprint density at radius 3 is 1.46 bits per heavy atom. The van der Waals surface area contributed by atoms with Crippen molar-refractivity contribution in [3.63, 3.8) is 0 Å². The first-order chi connectivity index (χ1) is 11.9. The number of hydrogen-bond acceptors (Lipinski definition) is 0. The lowest BCUT2D eigenvalue weighted by molar-refractivity contribution is 0.953. The number of fused-ring (bicyclic) bond motifs is 2. The highest BCUT2D eigenvalue weighted by atomic mass is 14.1. The number of hydrogen-bond donors (Lipinski definition) is 0. The summed E-state index contributed by atoms with van der Waals surface area (Å²) in [5.41, 5.74) is 5.85. The van der Waals surface area contributed by atoms with Gasteiger partial charge in [0, 0.05) is 0 Å². The minimum Gasteiger partial charge on any atom is -0.0614 e. The minimum atomic E-state index is 1.10. The molecule has 0 saturated carbocycles. The van der Waals surface area contributed by atoms with E-state index in [1.807, 2.05) is 0 Å². The van der Waals surface area contributed by atoms with Gasteiger partial charge in [-0.3, -0.25) is 0 Å². The molecule has 116 valence electrons. The largest absolute Gasteiger partial charge is 0.0614 e. The highest BCUT2D eigenvalue weighted by Crippen LogP contribution is 2.27. The van der Waals surface area contributed by atoms with Gasteiger partial charge in [0.2, 0.25) is 0 Å². The zero-order valence-corrected chi connectivity index (χ0v) is 13.8. The zero-order valence-electron chi connectivity index (χ0n) is 13.8. The number of benzene rings is 4. The molecular formula is C24H20. The summed E-state index contributed by atoms with van der Waals surface area (Å²) in [5.74, 6) is 0. The van der Waals surface area contributed by atoms with Crippen molar-refractivity contribution in [3.8, 4) is 0 Å². The Kier molecular flexibility index (Phi) is 3.16. The lowest BCUT2D eigenvalue weighted by Crippen LogP contribution is -1.98. The average molecular weight is 308 g/mol. The minimum absolute atomic E-state index is 1.10. The highest BCUT2D eigenvalue weighted by Gasteiger charge is 2.08. The van der Waals surface area contributed by atoms with Gasteiger partial charge < -0.3 is 0 Å². The molecule has 0 N–H and O–H groups in total. The van der Waals surface area contributed by atoms with E-state index in [4.69, 9.17) is 0 Å². The third-order valence-electron chi connectivity index (χ3n) is 5.44. The van der Waals surface area contributed by atoms with Crippen molar-refractivity contribution in [2.75, 3.05) is 0 Å². The monoisotopic (exact) mass is 308 g/mol. The van der Waals surface area contributed by atoms with E-state index in [-0.39, 0.29) is 0 Å². The van der Waals surface area contributed by atoms with Crippen LogP contribution < -0.4 is 0 Å². The van der Waals surface area contributed by atoms with Gasteiger partial charge in [-0.2, -0.15) is 0 Å². The third kappa shape index (κ3) is 2.30. The summed E-state index contributed by atoms with van der Waals surface area (Å²) in [7, 11) is 0. The Morgan fingerprint density at radius 1 is 0.458 bits per heavy atom. The lowest BCUT2D eigenvalue weighted by atomic mass is 9.91. The van der Waals surface area contributed by atoms with Crippen molar-refractivity contribution in [1.29, 1.82) is 0 Å². The first kappa shape index (κ1) is 13.8. The predicted octanol–water partition coefficient (Wildman–Crippen LogP) is 5.88. The molecule has 0 aromatic heterocycles. The quantitative estimate of drug-likeness (QED) is 0.381. The highest BCUT2D eigenvalue weighted by molar-refractivity contribution is 5.88. The maximum Gasteiger partial charge on any atom is -0.0149 e. The van der Waals surface area contributed by atoms with Crippen LogP contribution in [0.2, 0.25) is 0 Å². The fourth-order valence-corrected chi connectivity index (χ4v) is 4.07. The summed E-state index contributed by atoms with van der Waals surface area (Å²) in [6.07, 6.45) is 4.42. The predicted molar refractivity (Wildman–Crippen MR) is 103 cm³/mol.